The smallest absolute Gasteiger partial charge is 0.242 e. The minimum Gasteiger partial charge on any atom is -0.508 e. The number of hydrazine groups is 1. The molecule has 0 atom stereocenters. The summed E-state index contributed by atoms with van der Waals surface area (Å²) in [7, 11) is -3.62. The van der Waals surface area contributed by atoms with Crippen LogP contribution in [0.3, 0.4) is 0 Å². The molecule has 21 heavy (non-hydrogen) atoms. The van der Waals surface area contributed by atoms with Gasteiger partial charge in [0.2, 0.25) is 10.0 Å². The first kappa shape index (κ1) is 15.3. The van der Waals surface area contributed by atoms with E-state index in [2.05, 4.69) is 10.1 Å². The van der Waals surface area contributed by atoms with Crippen LogP contribution < -0.4 is 16.0 Å². The van der Waals surface area contributed by atoms with E-state index >= 15 is 0 Å². The van der Waals surface area contributed by atoms with Crippen molar-refractivity contribution in [3.63, 3.8) is 0 Å². The van der Waals surface area contributed by atoms with Gasteiger partial charge in [-0.25, -0.2) is 13.1 Å². The molecule has 0 spiro atoms. The Morgan fingerprint density at radius 1 is 1.05 bits per heavy atom. The Morgan fingerprint density at radius 3 is 2.38 bits per heavy atom. The summed E-state index contributed by atoms with van der Waals surface area (Å²) in [4.78, 5) is 0.109. The number of hydrogen-bond donors (Lipinski definition) is 4. The standard InChI is InChI=1S/C14H17N3O3S/c15-17-13-3-1-2-4-14(13)21(19,20)16-10-9-11-5-7-12(18)8-6-11/h1-8,16-18H,9-10,15H2. The molecule has 2 aromatic carbocycles. The Kier molecular flexibility index (Phi) is 4.79. The third-order valence-electron chi connectivity index (χ3n) is 2.97. The fourth-order valence-electron chi connectivity index (χ4n) is 1.89. The number of nitrogen functional groups attached to an aromatic ring is 1. The van der Waals surface area contributed by atoms with Crippen LogP contribution in [-0.4, -0.2) is 20.1 Å². The molecule has 0 heterocycles. The lowest BCUT2D eigenvalue weighted by Crippen LogP contribution is -2.27. The third-order valence-corrected chi connectivity index (χ3v) is 4.49. The van der Waals surface area contributed by atoms with E-state index in [4.69, 9.17) is 5.84 Å². The van der Waals surface area contributed by atoms with Crippen LogP contribution in [0.2, 0.25) is 0 Å². The fourth-order valence-corrected chi connectivity index (χ4v) is 3.09. The second-order valence-electron chi connectivity index (χ2n) is 4.45. The van der Waals surface area contributed by atoms with Gasteiger partial charge < -0.3 is 10.5 Å². The summed E-state index contributed by atoms with van der Waals surface area (Å²) in [6.07, 6.45) is 0.526. The Morgan fingerprint density at radius 2 is 1.71 bits per heavy atom. The zero-order valence-electron chi connectivity index (χ0n) is 11.3. The first-order valence-corrected chi connectivity index (χ1v) is 7.84. The second-order valence-corrected chi connectivity index (χ2v) is 6.19. The van der Waals surface area contributed by atoms with Crippen LogP contribution in [0.4, 0.5) is 5.69 Å². The Balaban J connectivity index is 2.03. The van der Waals surface area contributed by atoms with Crippen molar-refractivity contribution in [3.8, 4) is 5.75 Å². The van der Waals surface area contributed by atoms with E-state index in [9.17, 15) is 13.5 Å². The number of aromatic hydroxyl groups is 1. The lowest BCUT2D eigenvalue weighted by atomic mass is 10.1. The number of sulfonamides is 1. The van der Waals surface area contributed by atoms with Crippen molar-refractivity contribution in [1.29, 1.82) is 0 Å². The van der Waals surface area contributed by atoms with Crippen molar-refractivity contribution in [2.75, 3.05) is 12.0 Å². The molecule has 0 aliphatic rings. The van der Waals surface area contributed by atoms with Gasteiger partial charge in [0.25, 0.3) is 0 Å². The highest BCUT2D eigenvalue weighted by molar-refractivity contribution is 7.89. The molecule has 0 amide bonds. The van der Waals surface area contributed by atoms with Gasteiger partial charge in [-0.3, -0.25) is 5.84 Å². The van der Waals surface area contributed by atoms with Gasteiger partial charge in [-0.05, 0) is 36.2 Å². The number of rotatable bonds is 6. The van der Waals surface area contributed by atoms with Crippen molar-refractivity contribution in [2.24, 2.45) is 5.84 Å². The number of nitrogens with one attached hydrogen (secondary N) is 2. The van der Waals surface area contributed by atoms with E-state index in [0.717, 1.165) is 5.56 Å². The van der Waals surface area contributed by atoms with Crippen LogP contribution >= 0.6 is 0 Å². The van der Waals surface area contributed by atoms with E-state index in [1.165, 1.54) is 6.07 Å². The summed E-state index contributed by atoms with van der Waals surface area (Å²) in [6, 6.07) is 13.0. The highest BCUT2D eigenvalue weighted by atomic mass is 32.2. The molecule has 112 valence electrons. The van der Waals surface area contributed by atoms with Gasteiger partial charge >= 0.3 is 0 Å². The molecule has 0 radical (unpaired) electrons. The molecule has 0 bridgehead atoms. The van der Waals surface area contributed by atoms with Crippen LogP contribution in [0, 0.1) is 0 Å². The summed E-state index contributed by atoms with van der Waals surface area (Å²) >= 11 is 0. The maximum atomic E-state index is 12.2. The molecular formula is C14H17N3O3S. The Bertz CT molecular complexity index is 700. The number of phenols is 1. The molecule has 0 fully saturated rings. The monoisotopic (exact) mass is 307 g/mol. The lowest BCUT2D eigenvalue weighted by Gasteiger charge is -2.10. The second kappa shape index (κ2) is 6.57. The number of para-hydroxylation sites is 1. The zero-order chi connectivity index (χ0) is 15.3. The summed E-state index contributed by atoms with van der Waals surface area (Å²) in [5.74, 6) is 5.50. The molecule has 0 aromatic heterocycles. The summed E-state index contributed by atoms with van der Waals surface area (Å²) in [6.45, 7) is 0.256. The summed E-state index contributed by atoms with van der Waals surface area (Å²) < 4.78 is 26.9. The molecule has 7 heteroatoms. The van der Waals surface area contributed by atoms with Gasteiger partial charge in [0.05, 0.1) is 5.69 Å². The lowest BCUT2D eigenvalue weighted by molar-refractivity contribution is 0.475. The average Bonchev–Trinajstić information content (AvgIpc) is 2.49. The minimum absolute atomic E-state index is 0.109. The quantitative estimate of drug-likeness (QED) is 0.474. The van der Waals surface area contributed by atoms with Crippen molar-refractivity contribution in [1.82, 2.24) is 4.72 Å². The molecule has 0 aliphatic heterocycles. The molecule has 0 unspecified atom stereocenters. The molecule has 5 N–H and O–H groups in total. The molecule has 6 nitrogen and oxygen atoms in total. The van der Waals surface area contributed by atoms with Gasteiger partial charge in [0.1, 0.15) is 10.6 Å². The summed E-state index contributed by atoms with van der Waals surface area (Å²) in [5, 5.41) is 9.19. The van der Waals surface area contributed by atoms with Crippen LogP contribution in [0.25, 0.3) is 0 Å². The normalized spacial score (nSPS) is 11.3. The highest BCUT2D eigenvalue weighted by Gasteiger charge is 2.17. The third kappa shape index (κ3) is 3.94. The maximum absolute atomic E-state index is 12.2. The van der Waals surface area contributed by atoms with Crippen molar-refractivity contribution in [3.05, 3.63) is 54.1 Å². The number of hydrogen-bond acceptors (Lipinski definition) is 5. The van der Waals surface area contributed by atoms with E-state index < -0.39 is 10.0 Å². The van der Waals surface area contributed by atoms with Crippen molar-refractivity contribution in [2.45, 2.75) is 11.3 Å². The van der Waals surface area contributed by atoms with E-state index in [1.54, 1.807) is 42.5 Å². The SMILES string of the molecule is NNc1ccccc1S(=O)(=O)NCCc1ccc(O)cc1. The minimum atomic E-state index is -3.62. The van der Waals surface area contributed by atoms with Crippen LogP contribution in [0.15, 0.2) is 53.4 Å². The van der Waals surface area contributed by atoms with Crippen molar-refractivity contribution < 1.29 is 13.5 Å². The van der Waals surface area contributed by atoms with Crippen molar-refractivity contribution >= 4 is 15.7 Å². The average molecular weight is 307 g/mol. The Labute approximate surface area is 123 Å². The van der Waals surface area contributed by atoms with Gasteiger partial charge in [0.15, 0.2) is 0 Å². The predicted molar refractivity (Wildman–Crippen MR) is 81.3 cm³/mol. The number of phenolic OH excluding ortho intramolecular Hbond substituents is 1. The largest absolute Gasteiger partial charge is 0.508 e. The van der Waals surface area contributed by atoms with Crippen LogP contribution in [0.1, 0.15) is 5.56 Å². The first-order valence-electron chi connectivity index (χ1n) is 6.36. The van der Waals surface area contributed by atoms with E-state index in [0.29, 0.717) is 12.1 Å². The van der Waals surface area contributed by atoms with Gasteiger partial charge in [-0.2, -0.15) is 0 Å². The molecule has 0 saturated heterocycles. The van der Waals surface area contributed by atoms with Crippen LogP contribution in [0.5, 0.6) is 5.75 Å². The van der Waals surface area contributed by atoms with Gasteiger partial charge in [-0.15, -0.1) is 0 Å². The summed E-state index contributed by atoms with van der Waals surface area (Å²) in [5.41, 5.74) is 3.64. The zero-order valence-corrected chi connectivity index (χ0v) is 12.1. The molecule has 0 aliphatic carbocycles. The number of nitrogens with two attached hydrogens (primary N) is 1. The Hall–Kier alpha value is -2.09. The van der Waals surface area contributed by atoms with Crippen LogP contribution in [-0.2, 0) is 16.4 Å². The predicted octanol–water partition coefficient (Wildman–Crippen LogP) is 1.20. The van der Waals surface area contributed by atoms with E-state index in [-0.39, 0.29) is 17.2 Å². The van der Waals surface area contributed by atoms with Gasteiger partial charge in [0, 0.05) is 6.54 Å². The molecule has 2 aromatic rings. The maximum Gasteiger partial charge on any atom is 0.242 e. The molecular weight excluding hydrogens is 290 g/mol. The highest BCUT2D eigenvalue weighted by Crippen LogP contribution is 2.19. The number of anilines is 1. The fraction of sp³-hybridized carbons (Fsp3) is 0.143. The van der Waals surface area contributed by atoms with Gasteiger partial charge in [-0.1, -0.05) is 24.3 Å². The molecule has 0 saturated carbocycles. The topological polar surface area (TPSA) is 104 Å². The van der Waals surface area contributed by atoms with E-state index in [1.807, 2.05) is 0 Å². The molecule has 2 rings (SSSR count). The number of benzene rings is 2. The first-order chi connectivity index (χ1) is 10.0.